The van der Waals surface area contributed by atoms with Crippen LogP contribution < -0.4 is 5.32 Å². The monoisotopic (exact) mass is 459 g/mol. The van der Waals surface area contributed by atoms with Crippen molar-refractivity contribution in [3.05, 3.63) is 65.1 Å². The highest BCUT2D eigenvalue weighted by Crippen LogP contribution is 2.36. The molecule has 1 N–H and O–H groups in total. The van der Waals surface area contributed by atoms with Gasteiger partial charge in [0.2, 0.25) is 0 Å². The first-order valence-corrected chi connectivity index (χ1v) is 8.90. The summed E-state index contributed by atoms with van der Waals surface area (Å²) in [6.07, 6.45) is -7.17. The van der Waals surface area contributed by atoms with Gasteiger partial charge >= 0.3 is 12.4 Å². The maximum atomic E-state index is 13.2. The van der Waals surface area contributed by atoms with Gasteiger partial charge in [0, 0.05) is 25.1 Å². The van der Waals surface area contributed by atoms with Crippen LogP contribution in [0.1, 0.15) is 27.2 Å². The average molecular weight is 459 g/mol. The Morgan fingerprint density at radius 2 is 1.75 bits per heavy atom. The van der Waals surface area contributed by atoms with Crippen LogP contribution in [0.25, 0.3) is 11.3 Å². The molecule has 7 nitrogen and oxygen atoms in total. The first-order chi connectivity index (χ1) is 15.0. The number of carbonyl (C=O) groups excluding carboxylic acids is 1. The Hall–Kier alpha value is -3.48. The summed E-state index contributed by atoms with van der Waals surface area (Å²) in [5, 5.41) is 9.93. The number of halogens is 6. The molecule has 0 bridgehead atoms. The Morgan fingerprint density at radius 3 is 2.28 bits per heavy atom. The van der Waals surface area contributed by atoms with E-state index in [1.165, 1.54) is 25.6 Å². The number of amides is 1. The van der Waals surface area contributed by atoms with Gasteiger partial charge in [-0.25, -0.2) is 4.68 Å². The normalized spacial score (nSPS) is 12.1. The van der Waals surface area contributed by atoms with E-state index in [-0.39, 0.29) is 29.7 Å². The van der Waals surface area contributed by atoms with Gasteiger partial charge in [-0.1, -0.05) is 5.21 Å². The quantitative estimate of drug-likeness (QED) is 0.449. The molecule has 1 amide bonds. The fraction of sp³-hybridized carbons (Fsp3) is 0.263. The smallest absolute Gasteiger partial charge is 0.364 e. The first-order valence-electron chi connectivity index (χ1n) is 8.90. The number of ether oxygens (including phenoxy) is 1. The van der Waals surface area contributed by atoms with Crippen molar-refractivity contribution in [1.29, 1.82) is 0 Å². The van der Waals surface area contributed by atoms with Gasteiger partial charge < -0.3 is 10.1 Å². The van der Waals surface area contributed by atoms with E-state index >= 15 is 0 Å². The van der Waals surface area contributed by atoms with E-state index in [9.17, 15) is 31.1 Å². The van der Waals surface area contributed by atoms with E-state index in [4.69, 9.17) is 4.74 Å². The summed E-state index contributed by atoms with van der Waals surface area (Å²) in [5.74, 6) is -0.697. The molecule has 2 aromatic heterocycles. The number of pyridine rings is 1. The number of hydrogen-bond acceptors (Lipinski definition) is 5. The van der Waals surface area contributed by atoms with Crippen LogP contribution in [0.15, 0.2) is 42.7 Å². The van der Waals surface area contributed by atoms with Gasteiger partial charge in [-0.2, -0.15) is 26.3 Å². The minimum atomic E-state index is -4.99. The highest BCUT2D eigenvalue weighted by Gasteiger charge is 2.37. The van der Waals surface area contributed by atoms with Crippen molar-refractivity contribution in [2.45, 2.75) is 18.9 Å². The second-order valence-electron chi connectivity index (χ2n) is 6.54. The number of nitrogens with one attached hydrogen (secondary N) is 1. The molecule has 0 spiro atoms. The summed E-state index contributed by atoms with van der Waals surface area (Å²) in [6, 6.07) is 4.30. The molecule has 3 aromatic rings. The molecule has 0 radical (unpaired) electrons. The van der Waals surface area contributed by atoms with Crippen molar-refractivity contribution >= 4 is 5.91 Å². The lowest BCUT2D eigenvalue weighted by Crippen LogP contribution is -2.26. The standard InChI is InChI=1S/C19H15F6N5O2/c1-32-10-27-17(31)15-16(12-3-2-4-26-8-12)30(29-28-15)9-11-5-13(18(20,21)22)7-14(6-11)19(23,24)25/h2-8H,9-10H2,1H3,(H,27,31). The lowest BCUT2D eigenvalue weighted by molar-refractivity contribution is -0.143. The molecular weight excluding hydrogens is 444 g/mol. The van der Waals surface area contributed by atoms with E-state index in [1.54, 1.807) is 6.07 Å². The SMILES string of the molecule is COCNC(=O)c1nnn(Cc2cc(C(F)(F)F)cc(C(F)(F)F)c2)c1-c1cccnc1. The molecule has 0 fully saturated rings. The lowest BCUT2D eigenvalue weighted by atomic mass is 10.0. The van der Waals surface area contributed by atoms with Crippen LogP contribution >= 0.6 is 0 Å². The van der Waals surface area contributed by atoms with Crippen molar-refractivity contribution in [1.82, 2.24) is 25.3 Å². The zero-order valence-corrected chi connectivity index (χ0v) is 16.3. The van der Waals surface area contributed by atoms with E-state index in [1.807, 2.05) is 0 Å². The van der Waals surface area contributed by atoms with Crippen LogP contribution in [0.2, 0.25) is 0 Å². The molecule has 0 aliphatic heterocycles. The molecule has 0 atom stereocenters. The van der Waals surface area contributed by atoms with Crippen molar-refractivity contribution < 1.29 is 35.9 Å². The van der Waals surface area contributed by atoms with Gasteiger partial charge in [-0.3, -0.25) is 9.78 Å². The zero-order valence-electron chi connectivity index (χ0n) is 16.3. The Labute approximate surface area is 177 Å². The number of rotatable bonds is 6. The highest BCUT2D eigenvalue weighted by atomic mass is 19.4. The largest absolute Gasteiger partial charge is 0.416 e. The van der Waals surface area contributed by atoms with Crippen LogP contribution in [-0.2, 0) is 23.6 Å². The van der Waals surface area contributed by atoms with E-state index in [0.29, 0.717) is 17.7 Å². The fourth-order valence-corrected chi connectivity index (χ4v) is 2.87. The number of carbonyl (C=O) groups is 1. The summed E-state index contributed by atoms with van der Waals surface area (Å²) in [4.78, 5) is 16.3. The topological polar surface area (TPSA) is 81.9 Å². The maximum Gasteiger partial charge on any atom is 0.416 e. The maximum absolute atomic E-state index is 13.2. The van der Waals surface area contributed by atoms with Crippen LogP contribution in [0.3, 0.4) is 0 Å². The van der Waals surface area contributed by atoms with Crippen molar-refractivity contribution in [3.8, 4) is 11.3 Å². The molecule has 0 aliphatic carbocycles. The predicted molar refractivity (Wildman–Crippen MR) is 98.1 cm³/mol. The number of aromatic nitrogens is 4. The van der Waals surface area contributed by atoms with Gasteiger partial charge in [0.05, 0.1) is 17.7 Å². The Kier molecular flexibility index (Phi) is 6.48. The summed E-state index contributed by atoms with van der Waals surface area (Å²) in [5.41, 5.74) is -3.03. The molecule has 0 saturated carbocycles. The third kappa shape index (κ3) is 5.22. The van der Waals surface area contributed by atoms with Crippen molar-refractivity contribution in [2.24, 2.45) is 0 Å². The van der Waals surface area contributed by atoms with Crippen LogP contribution in [0.4, 0.5) is 26.3 Å². The summed E-state index contributed by atoms with van der Waals surface area (Å²) in [6.45, 7) is -0.664. The molecule has 3 rings (SSSR count). The molecule has 13 heteroatoms. The third-order valence-corrected chi connectivity index (χ3v) is 4.24. The fourth-order valence-electron chi connectivity index (χ4n) is 2.87. The van der Waals surface area contributed by atoms with Gasteiger partial charge in [0.1, 0.15) is 12.4 Å². The van der Waals surface area contributed by atoms with E-state index in [0.717, 1.165) is 4.68 Å². The summed E-state index contributed by atoms with van der Waals surface area (Å²) in [7, 11) is 1.34. The van der Waals surface area contributed by atoms with Gasteiger partial charge in [-0.05, 0) is 35.9 Å². The highest BCUT2D eigenvalue weighted by molar-refractivity contribution is 5.97. The third-order valence-electron chi connectivity index (χ3n) is 4.24. The average Bonchev–Trinajstić information content (AvgIpc) is 3.14. The lowest BCUT2D eigenvalue weighted by Gasteiger charge is -2.15. The van der Waals surface area contributed by atoms with Crippen LogP contribution in [-0.4, -0.2) is 39.7 Å². The van der Waals surface area contributed by atoms with E-state index in [2.05, 4.69) is 20.6 Å². The second kappa shape index (κ2) is 8.94. The molecule has 1 aromatic carbocycles. The zero-order chi connectivity index (χ0) is 23.5. The summed E-state index contributed by atoms with van der Waals surface area (Å²) >= 11 is 0. The van der Waals surface area contributed by atoms with Crippen LogP contribution in [0.5, 0.6) is 0 Å². The number of hydrogen-bond donors (Lipinski definition) is 1. The molecule has 0 unspecified atom stereocenters. The van der Waals surface area contributed by atoms with Crippen molar-refractivity contribution in [2.75, 3.05) is 13.8 Å². The Morgan fingerprint density at radius 1 is 1.09 bits per heavy atom. The van der Waals surface area contributed by atoms with Crippen LogP contribution in [0, 0.1) is 0 Å². The minimum Gasteiger partial charge on any atom is -0.364 e. The first kappa shape index (κ1) is 23.2. The molecule has 2 heterocycles. The number of benzene rings is 1. The molecule has 0 saturated heterocycles. The summed E-state index contributed by atoms with van der Waals surface area (Å²) < 4.78 is 84.8. The minimum absolute atomic E-state index is 0.0382. The van der Waals surface area contributed by atoms with Gasteiger partial charge in [0.25, 0.3) is 5.91 Å². The predicted octanol–water partition coefficient (Wildman–Crippen LogP) is 3.76. The Balaban J connectivity index is 2.09. The number of methoxy groups -OCH3 is 1. The van der Waals surface area contributed by atoms with Crippen molar-refractivity contribution in [3.63, 3.8) is 0 Å². The number of nitrogens with zero attached hydrogens (tertiary/aromatic N) is 4. The second-order valence-corrected chi connectivity index (χ2v) is 6.54. The molecule has 0 aliphatic rings. The molecule has 32 heavy (non-hydrogen) atoms. The van der Waals surface area contributed by atoms with E-state index < -0.39 is 35.9 Å². The van der Waals surface area contributed by atoms with Gasteiger partial charge in [-0.15, -0.1) is 5.10 Å². The number of alkyl halides is 6. The van der Waals surface area contributed by atoms with Gasteiger partial charge in [0.15, 0.2) is 5.69 Å². The molecule has 170 valence electrons. The molecular formula is C19H15F6N5O2. The Bertz CT molecular complexity index is 1060.